The maximum absolute atomic E-state index is 12.7. The van der Waals surface area contributed by atoms with E-state index in [9.17, 15) is 14.7 Å². The van der Waals surface area contributed by atoms with Gasteiger partial charge in [-0.1, -0.05) is 11.6 Å². The highest BCUT2D eigenvalue weighted by atomic mass is 35.5. The molecule has 2 aromatic rings. The summed E-state index contributed by atoms with van der Waals surface area (Å²) < 4.78 is 6.12. The van der Waals surface area contributed by atoms with E-state index in [1.165, 1.54) is 17.5 Å². The summed E-state index contributed by atoms with van der Waals surface area (Å²) >= 11 is 7.42. The van der Waals surface area contributed by atoms with Crippen LogP contribution in [0.3, 0.4) is 0 Å². The molecule has 0 aliphatic carbocycles. The van der Waals surface area contributed by atoms with E-state index in [1.807, 2.05) is 0 Å². The first-order valence-electron chi connectivity index (χ1n) is 8.39. The quantitative estimate of drug-likeness (QED) is 0.848. The van der Waals surface area contributed by atoms with Crippen LogP contribution < -0.4 is 0 Å². The molecular weight excluding hydrogens is 376 g/mol. The number of thiophene rings is 1. The normalized spacial score (nSPS) is 18.6. The summed E-state index contributed by atoms with van der Waals surface area (Å²) in [5, 5.41) is 9.63. The molecule has 0 saturated carbocycles. The molecule has 0 aromatic carbocycles. The van der Waals surface area contributed by atoms with E-state index >= 15 is 0 Å². The van der Waals surface area contributed by atoms with Crippen molar-refractivity contribution in [1.29, 1.82) is 0 Å². The Kier molecular flexibility index (Phi) is 4.46. The van der Waals surface area contributed by atoms with E-state index in [-0.39, 0.29) is 5.91 Å². The number of carbonyl (C=O) groups is 2. The molecule has 2 aliphatic heterocycles. The van der Waals surface area contributed by atoms with Gasteiger partial charge in [0.15, 0.2) is 0 Å². The van der Waals surface area contributed by atoms with Gasteiger partial charge in [-0.2, -0.15) is 0 Å². The van der Waals surface area contributed by atoms with Gasteiger partial charge in [0.1, 0.15) is 4.88 Å². The molecule has 0 radical (unpaired) electrons. The van der Waals surface area contributed by atoms with E-state index in [2.05, 4.69) is 4.98 Å². The van der Waals surface area contributed by atoms with Crippen LogP contribution in [-0.4, -0.2) is 46.6 Å². The van der Waals surface area contributed by atoms with Gasteiger partial charge in [0.05, 0.1) is 22.8 Å². The van der Waals surface area contributed by atoms with Gasteiger partial charge in [-0.05, 0) is 30.5 Å². The molecule has 2 aliphatic rings. The highest BCUT2D eigenvalue weighted by molar-refractivity contribution is 7.14. The Morgan fingerprint density at radius 2 is 2.12 bits per heavy atom. The zero-order chi connectivity index (χ0) is 18.3. The molecule has 4 rings (SSSR count). The van der Waals surface area contributed by atoms with Crippen molar-refractivity contribution in [2.75, 3.05) is 19.7 Å². The Hall–Kier alpha value is -1.96. The molecule has 8 heteroatoms. The summed E-state index contributed by atoms with van der Waals surface area (Å²) in [6, 6.07) is 3.38. The lowest BCUT2D eigenvalue weighted by Crippen LogP contribution is -2.48. The number of nitrogens with zero attached hydrogens (tertiary/aromatic N) is 2. The zero-order valence-corrected chi connectivity index (χ0v) is 15.5. The number of fused-ring (bicyclic) bond motifs is 2. The minimum atomic E-state index is -0.903. The van der Waals surface area contributed by atoms with Crippen LogP contribution in [0.25, 0.3) is 0 Å². The predicted octanol–water partition coefficient (Wildman–Crippen LogP) is 3.20. The monoisotopic (exact) mass is 392 g/mol. The molecule has 1 saturated heterocycles. The Bertz CT molecular complexity index is 874. The average molecular weight is 393 g/mol. The standard InChI is InChI=1S/C18H17ClN2O4S/c19-13-10-20-5-1-11(13)16(22)21-6-3-18(4-7-21)12-9-15(17(23)24)26-14(12)2-8-25-18/h1,5,9-10H,2-4,6-8H2,(H,23,24). The fraction of sp³-hybridized carbons (Fsp3) is 0.389. The fourth-order valence-electron chi connectivity index (χ4n) is 3.73. The van der Waals surface area contributed by atoms with Crippen LogP contribution in [-0.2, 0) is 16.8 Å². The Labute approximate surface area is 159 Å². The summed E-state index contributed by atoms with van der Waals surface area (Å²) in [4.78, 5) is 31.2. The number of aromatic carboxylic acids is 1. The molecular formula is C18H17ClN2O4S. The lowest BCUT2D eigenvalue weighted by Gasteiger charge is -2.44. The van der Waals surface area contributed by atoms with Crippen LogP contribution in [0.4, 0.5) is 0 Å². The third-order valence-electron chi connectivity index (χ3n) is 5.08. The number of aromatic nitrogens is 1. The molecule has 1 amide bonds. The number of pyridine rings is 1. The van der Waals surface area contributed by atoms with E-state index in [1.54, 1.807) is 23.2 Å². The van der Waals surface area contributed by atoms with Crippen LogP contribution in [0, 0.1) is 0 Å². The van der Waals surface area contributed by atoms with Gasteiger partial charge < -0.3 is 14.7 Å². The van der Waals surface area contributed by atoms with E-state index in [0.29, 0.717) is 48.0 Å². The van der Waals surface area contributed by atoms with E-state index in [4.69, 9.17) is 16.3 Å². The molecule has 6 nitrogen and oxygen atoms in total. The van der Waals surface area contributed by atoms with Crippen molar-refractivity contribution >= 4 is 34.8 Å². The molecule has 2 aromatic heterocycles. The molecule has 0 unspecified atom stereocenters. The van der Waals surface area contributed by atoms with Gasteiger partial charge in [-0.15, -0.1) is 11.3 Å². The third kappa shape index (κ3) is 2.90. The second-order valence-electron chi connectivity index (χ2n) is 6.49. The summed E-state index contributed by atoms with van der Waals surface area (Å²) in [5.41, 5.74) is 0.947. The predicted molar refractivity (Wildman–Crippen MR) is 97.0 cm³/mol. The molecule has 1 fully saturated rings. The third-order valence-corrected chi connectivity index (χ3v) is 6.56. The lowest BCUT2D eigenvalue weighted by molar-refractivity contribution is -0.0926. The second-order valence-corrected chi connectivity index (χ2v) is 8.04. The number of piperidine rings is 1. The van der Waals surface area contributed by atoms with Gasteiger partial charge in [0, 0.05) is 36.8 Å². The highest BCUT2D eigenvalue weighted by Gasteiger charge is 2.43. The first-order valence-corrected chi connectivity index (χ1v) is 9.59. The number of amides is 1. The summed E-state index contributed by atoms with van der Waals surface area (Å²) in [5.74, 6) is -1.01. The van der Waals surface area contributed by atoms with Crippen LogP contribution in [0.1, 0.15) is 43.3 Å². The maximum atomic E-state index is 12.7. The minimum Gasteiger partial charge on any atom is -0.477 e. The zero-order valence-electron chi connectivity index (χ0n) is 13.9. The van der Waals surface area contributed by atoms with Crippen molar-refractivity contribution in [3.05, 3.63) is 50.4 Å². The molecule has 0 bridgehead atoms. The van der Waals surface area contributed by atoms with Gasteiger partial charge >= 0.3 is 5.97 Å². The van der Waals surface area contributed by atoms with Crippen LogP contribution in [0.5, 0.6) is 0 Å². The van der Waals surface area contributed by atoms with Crippen molar-refractivity contribution in [3.63, 3.8) is 0 Å². The van der Waals surface area contributed by atoms with Crippen LogP contribution >= 0.6 is 22.9 Å². The summed E-state index contributed by atoms with van der Waals surface area (Å²) in [6.07, 6.45) is 5.05. The Morgan fingerprint density at radius 1 is 1.35 bits per heavy atom. The fourth-order valence-corrected chi connectivity index (χ4v) is 5.00. The van der Waals surface area contributed by atoms with Gasteiger partial charge in [0.2, 0.25) is 0 Å². The first kappa shape index (κ1) is 17.5. The van der Waals surface area contributed by atoms with Gasteiger partial charge in [-0.3, -0.25) is 9.78 Å². The van der Waals surface area contributed by atoms with Crippen molar-refractivity contribution in [1.82, 2.24) is 9.88 Å². The molecule has 1 N–H and O–H groups in total. The number of halogens is 1. The summed E-state index contributed by atoms with van der Waals surface area (Å²) in [6.45, 7) is 1.65. The Balaban J connectivity index is 1.55. The maximum Gasteiger partial charge on any atom is 0.345 e. The molecule has 1 spiro atoms. The number of likely N-dealkylation sites (tertiary alicyclic amines) is 1. The van der Waals surface area contributed by atoms with Crippen molar-refractivity contribution in [3.8, 4) is 0 Å². The number of carbonyl (C=O) groups excluding carboxylic acids is 1. The second kappa shape index (κ2) is 6.64. The largest absolute Gasteiger partial charge is 0.477 e. The number of carboxylic acids is 1. The molecule has 136 valence electrons. The Morgan fingerprint density at radius 3 is 2.81 bits per heavy atom. The molecule has 4 heterocycles. The average Bonchev–Trinajstić information content (AvgIpc) is 3.09. The topological polar surface area (TPSA) is 79.7 Å². The lowest BCUT2D eigenvalue weighted by atomic mass is 9.82. The number of ether oxygens (including phenoxy) is 1. The SMILES string of the molecule is O=C(O)c1cc2c(s1)CCOC21CCN(C(=O)c2ccncc2Cl)CC1. The number of rotatable bonds is 2. The van der Waals surface area contributed by atoms with E-state index in [0.717, 1.165) is 16.9 Å². The van der Waals surface area contributed by atoms with Crippen molar-refractivity contribution in [2.45, 2.75) is 24.9 Å². The number of hydrogen-bond donors (Lipinski definition) is 1. The van der Waals surface area contributed by atoms with E-state index < -0.39 is 11.6 Å². The van der Waals surface area contributed by atoms with Gasteiger partial charge in [-0.25, -0.2) is 4.79 Å². The van der Waals surface area contributed by atoms with Crippen molar-refractivity contribution in [2.24, 2.45) is 0 Å². The summed E-state index contributed by atoms with van der Waals surface area (Å²) in [7, 11) is 0. The smallest absolute Gasteiger partial charge is 0.345 e. The van der Waals surface area contributed by atoms with Crippen LogP contribution in [0.2, 0.25) is 5.02 Å². The molecule has 0 atom stereocenters. The van der Waals surface area contributed by atoms with Crippen LogP contribution in [0.15, 0.2) is 24.5 Å². The number of hydrogen-bond acceptors (Lipinski definition) is 5. The van der Waals surface area contributed by atoms with Crippen molar-refractivity contribution < 1.29 is 19.4 Å². The van der Waals surface area contributed by atoms with Gasteiger partial charge in [0.25, 0.3) is 5.91 Å². The first-order chi connectivity index (χ1) is 12.5. The number of carboxylic acid groups (broad SMARTS) is 1. The highest BCUT2D eigenvalue weighted by Crippen LogP contribution is 2.44. The molecule has 26 heavy (non-hydrogen) atoms. The minimum absolute atomic E-state index is 0.111.